The lowest BCUT2D eigenvalue weighted by atomic mass is 10.1. The van der Waals surface area contributed by atoms with Gasteiger partial charge in [-0.2, -0.15) is 0 Å². The van der Waals surface area contributed by atoms with Gasteiger partial charge in [0.05, 0.1) is 14.2 Å². The van der Waals surface area contributed by atoms with Crippen molar-refractivity contribution in [3.8, 4) is 11.5 Å². The second-order valence-corrected chi connectivity index (χ2v) is 5.53. The Kier molecular flexibility index (Phi) is 13.0. The number of allylic oxidation sites excluding steroid dienone is 1. The number of hydrogen-bond acceptors (Lipinski definition) is 3. The molecule has 0 unspecified atom stereocenters. The largest absolute Gasteiger partial charge is 0.493 e. The van der Waals surface area contributed by atoms with E-state index in [-0.39, 0.29) is 24.0 Å². The maximum atomic E-state index is 5.35. The van der Waals surface area contributed by atoms with Gasteiger partial charge in [0.2, 0.25) is 0 Å². The molecular formula is C19H32IN3O2. The van der Waals surface area contributed by atoms with Crippen LogP contribution in [0.25, 0.3) is 0 Å². The molecule has 5 nitrogen and oxygen atoms in total. The van der Waals surface area contributed by atoms with Crippen LogP contribution in [0.2, 0.25) is 0 Å². The van der Waals surface area contributed by atoms with E-state index in [1.54, 1.807) is 14.2 Å². The molecule has 0 radical (unpaired) electrons. The van der Waals surface area contributed by atoms with Crippen molar-refractivity contribution in [3.05, 3.63) is 36.4 Å². The summed E-state index contributed by atoms with van der Waals surface area (Å²) in [5.74, 6) is 2.45. The Balaban J connectivity index is 0.00000576. The van der Waals surface area contributed by atoms with Gasteiger partial charge in [-0.25, -0.2) is 0 Å². The molecule has 0 aliphatic heterocycles. The molecule has 0 aromatic heterocycles. The van der Waals surface area contributed by atoms with E-state index in [9.17, 15) is 0 Å². The van der Waals surface area contributed by atoms with Crippen LogP contribution in [0.5, 0.6) is 11.5 Å². The van der Waals surface area contributed by atoms with E-state index in [4.69, 9.17) is 14.5 Å². The molecule has 0 amide bonds. The van der Waals surface area contributed by atoms with Gasteiger partial charge in [-0.3, -0.25) is 4.99 Å². The lowest BCUT2D eigenvalue weighted by Gasteiger charge is -2.21. The quantitative estimate of drug-likeness (QED) is 0.190. The predicted octanol–water partition coefficient (Wildman–Crippen LogP) is 3.73. The van der Waals surface area contributed by atoms with Crippen LogP contribution in [0.3, 0.4) is 0 Å². The Morgan fingerprint density at radius 1 is 1.28 bits per heavy atom. The number of halogens is 1. The van der Waals surface area contributed by atoms with Crippen LogP contribution in [-0.4, -0.2) is 51.8 Å². The molecule has 1 aromatic carbocycles. The fourth-order valence-corrected chi connectivity index (χ4v) is 2.38. The van der Waals surface area contributed by atoms with E-state index in [2.05, 4.69) is 36.8 Å². The van der Waals surface area contributed by atoms with E-state index >= 15 is 0 Å². The molecule has 0 fully saturated rings. The molecule has 0 aliphatic rings. The third kappa shape index (κ3) is 8.47. The van der Waals surface area contributed by atoms with Gasteiger partial charge >= 0.3 is 0 Å². The van der Waals surface area contributed by atoms with Crippen LogP contribution < -0.4 is 14.8 Å². The van der Waals surface area contributed by atoms with Crippen molar-refractivity contribution in [3.63, 3.8) is 0 Å². The first-order valence-electron chi connectivity index (χ1n) is 8.47. The first kappa shape index (κ1) is 23.6. The number of nitrogens with zero attached hydrogens (tertiary/aromatic N) is 2. The van der Waals surface area contributed by atoms with Crippen molar-refractivity contribution >= 4 is 29.9 Å². The topological polar surface area (TPSA) is 46.1 Å². The van der Waals surface area contributed by atoms with E-state index < -0.39 is 0 Å². The van der Waals surface area contributed by atoms with Crippen LogP contribution in [0, 0.1) is 0 Å². The maximum Gasteiger partial charge on any atom is 0.193 e. The average molecular weight is 461 g/mol. The van der Waals surface area contributed by atoms with Gasteiger partial charge in [0.25, 0.3) is 0 Å². The number of unbranched alkanes of at least 4 members (excludes halogenated alkanes) is 1. The molecule has 142 valence electrons. The Hall–Kier alpha value is -1.44. The summed E-state index contributed by atoms with van der Waals surface area (Å²) in [6.45, 7) is 8.40. The Morgan fingerprint density at radius 3 is 2.60 bits per heavy atom. The zero-order valence-corrected chi connectivity index (χ0v) is 18.2. The minimum atomic E-state index is 0. The van der Waals surface area contributed by atoms with Gasteiger partial charge in [0.1, 0.15) is 0 Å². The second kappa shape index (κ2) is 13.8. The summed E-state index contributed by atoms with van der Waals surface area (Å²) in [5.41, 5.74) is 1.18. The first-order chi connectivity index (χ1) is 11.7. The van der Waals surface area contributed by atoms with E-state index in [1.807, 2.05) is 18.2 Å². The number of nitrogens with one attached hydrogen (secondary N) is 1. The SMILES string of the molecule is C=CCCCN(C)C(=NCCc1ccc(OC)c(OC)c1)NCC.I. The van der Waals surface area contributed by atoms with E-state index in [0.717, 1.165) is 56.4 Å². The summed E-state index contributed by atoms with van der Waals surface area (Å²) in [5, 5.41) is 3.34. The molecular weight excluding hydrogens is 429 g/mol. The summed E-state index contributed by atoms with van der Waals surface area (Å²) in [6.07, 6.45) is 4.92. The van der Waals surface area contributed by atoms with Gasteiger partial charge in [-0.05, 0) is 43.9 Å². The molecule has 0 bridgehead atoms. The number of rotatable bonds is 10. The minimum absolute atomic E-state index is 0. The number of guanidine groups is 1. The summed E-state index contributed by atoms with van der Waals surface area (Å²) in [7, 11) is 5.37. The second-order valence-electron chi connectivity index (χ2n) is 5.53. The van der Waals surface area contributed by atoms with Gasteiger partial charge in [0.15, 0.2) is 17.5 Å². The highest BCUT2D eigenvalue weighted by atomic mass is 127. The summed E-state index contributed by atoms with van der Waals surface area (Å²) in [6, 6.07) is 6.00. The molecule has 0 spiro atoms. The molecule has 1 aromatic rings. The predicted molar refractivity (Wildman–Crippen MR) is 117 cm³/mol. The monoisotopic (exact) mass is 461 g/mol. The van der Waals surface area contributed by atoms with Crippen LogP contribution in [0.1, 0.15) is 25.3 Å². The van der Waals surface area contributed by atoms with Gasteiger partial charge in [-0.15, -0.1) is 30.6 Å². The Bertz CT molecular complexity index is 535. The first-order valence-corrected chi connectivity index (χ1v) is 8.47. The maximum absolute atomic E-state index is 5.35. The summed E-state index contributed by atoms with van der Waals surface area (Å²) in [4.78, 5) is 6.89. The smallest absolute Gasteiger partial charge is 0.193 e. The molecule has 1 rings (SSSR count). The van der Waals surface area contributed by atoms with E-state index in [0.29, 0.717) is 0 Å². The fourth-order valence-electron chi connectivity index (χ4n) is 2.38. The third-order valence-corrected chi connectivity index (χ3v) is 3.71. The van der Waals surface area contributed by atoms with Crippen molar-refractivity contribution in [2.45, 2.75) is 26.2 Å². The van der Waals surface area contributed by atoms with Gasteiger partial charge < -0.3 is 19.7 Å². The highest BCUT2D eigenvalue weighted by molar-refractivity contribution is 14.0. The molecule has 0 saturated carbocycles. The lowest BCUT2D eigenvalue weighted by Crippen LogP contribution is -2.39. The minimum Gasteiger partial charge on any atom is -0.493 e. The van der Waals surface area contributed by atoms with Crippen molar-refractivity contribution in [2.75, 3.05) is 40.9 Å². The lowest BCUT2D eigenvalue weighted by molar-refractivity contribution is 0.354. The van der Waals surface area contributed by atoms with Crippen LogP contribution >= 0.6 is 24.0 Å². The van der Waals surface area contributed by atoms with Gasteiger partial charge in [-0.1, -0.05) is 12.1 Å². The summed E-state index contributed by atoms with van der Waals surface area (Å²) < 4.78 is 10.6. The number of hydrogen-bond donors (Lipinski definition) is 1. The fraction of sp³-hybridized carbons (Fsp3) is 0.526. The Labute approximate surface area is 169 Å². The molecule has 0 atom stereocenters. The van der Waals surface area contributed by atoms with Crippen molar-refractivity contribution in [1.29, 1.82) is 0 Å². The number of benzene rings is 1. The molecule has 25 heavy (non-hydrogen) atoms. The molecule has 0 saturated heterocycles. The normalized spacial score (nSPS) is 10.6. The van der Waals surface area contributed by atoms with Crippen molar-refractivity contribution < 1.29 is 9.47 Å². The number of ether oxygens (including phenoxy) is 2. The molecule has 6 heteroatoms. The third-order valence-electron chi connectivity index (χ3n) is 3.71. The zero-order valence-electron chi connectivity index (χ0n) is 15.9. The van der Waals surface area contributed by atoms with Crippen molar-refractivity contribution in [1.82, 2.24) is 10.2 Å². The van der Waals surface area contributed by atoms with Crippen LogP contribution in [-0.2, 0) is 6.42 Å². The van der Waals surface area contributed by atoms with Crippen molar-refractivity contribution in [2.24, 2.45) is 4.99 Å². The van der Waals surface area contributed by atoms with Crippen LogP contribution in [0.4, 0.5) is 0 Å². The number of methoxy groups -OCH3 is 2. The average Bonchev–Trinajstić information content (AvgIpc) is 2.60. The molecule has 0 aliphatic carbocycles. The van der Waals surface area contributed by atoms with Crippen LogP contribution in [0.15, 0.2) is 35.8 Å². The standard InChI is InChI=1S/C19H31N3O2.HI/c1-6-8-9-14-22(3)19(20-7-2)21-13-12-16-10-11-17(23-4)18(15-16)24-5;/h6,10-11,15H,1,7-9,12-14H2,2-5H3,(H,20,21);1H. The summed E-state index contributed by atoms with van der Waals surface area (Å²) >= 11 is 0. The Morgan fingerprint density at radius 2 is 2.00 bits per heavy atom. The van der Waals surface area contributed by atoms with Gasteiger partial charge in [0, 0.05) is 26.7 Å². The molecule has 0 heterocycles. The number of aliphatic imine (C=N–C) groups is 1. The molecule has 1 N–H and O–H groups in total. The zero-order chi connectivity index (χ0) is 17.8. The highest BCUT2D eigenvalue weighted by Crippen LogP contribution is 2.27. The van der Waals surface area contributed by atoms with E-state index in [1.165, 1.54) is 5.56 Å². The highest BCUT2D eigenvalue weighted by Gasteiger charge is 2.06.